The number of rotatable bonds is 5. The lowest BCUT2D eigenvalue weighted by molar-refractivity contribution is 0.0787. The maximum absolute atomic E-state index is 12.7. The van der Waals surface area contributed by atoms with E-state index in [1.165, 1.54) is 12.8 Å². The number of carbonyl (C=O) groups is 1. The molecule has 1 saturated carbocycles. The summed E-state index contributed by atoms with van der Waals surface area (Å²) < 4.78 is 2.21. The Morgan fingerprint density at radius 2 is 2.12 bits per heavy atom. The van der Waals surface area contributed by atoms with Crippen molar-refractivity contribution in [3.63, 3.8) is 0 Å². The molecule has 1 aromatic heterocycles. The van der Waals surface area contributed by atoms with E-state index in [2.05, 4.69) is 14.8 Å². The number of carbonyl (C=O) groups excluding carboxylic acids is 1. The second-order valence-electron chi connectivity index (χ2n) is 7.32. The molecular weight excluding hydrogens is 300 g/mol. The van der Waals surface area contributed by atoms with Crippen molar-refractivity contribution < 1.29 is 4.79 Å². The fourth-order valence-corrected chi connectivity index (χ4v) is 3.57. The second kappa shape index (κ2) is 6.38. The molecule has 5 heteroatoms. The van der Waals surface area contributed by atoms with Gasteiger partial charge < -0.3 is 9.47 Å². The van der Waals surface area contributed by atoms with Crippen LogP contribution >= 0.6 is 0 Å². The lowest BCUT2D eigenvalue weighted by Gasteiger charge is -2.17. The molecule has 1 amide bonds. The molecular formula is C19H24N4O. The highest BCUT2D eigenvalue weighted by atomic mass is 16.2. The summed E-state index contributed by atoms with van der Waals surface area (Å²) in [5.74, 6) is 2.54. The van der Waals surface area contributed by atoms with E-state index in [1.54, 1.807) is 0 Å². The molecule has 2 heterocycles. The number of aryl methyl sites for hydroxylation is 1. The van der Waals surface area contributed by atoms with Gasteiger partial charge in [-0.1, -0.05) is 17.7 Å². The van der Waals surface area contributed by atoms with E-state index < -0.39 is 0 Å². The third kappa shape index (κ3) is 3.35. The average Bonchev–Trinajstić information content (AvgIpc) is 3.09. The van der Waals surface area contributed by atoms with Gasteiger partial charge in [0.1, 0.15) is 12.2 Å². The van der Waals surface area contributed by atoms with Crippen LogP contribution in [0.25, 0.3) is 0 Å². The van der Waals surface area contributed by atoms with E-state index in [1.807, 2.05) is 42.4 Å². The maximum atomic E-state index is 12.7. The lowest BCUT2D eigenvalue weighted by atomic mass is 10.0. The molecule has 0 spiro atoms. The normalized spacial score (nSPS) is 20.5. The molecule has 1 aliphatic heterocycles. The van der Waals surface area contributed by atoms with Gasteiger partial charge in [-0.15, -0.1) is 10.2 Å². The highest BCUT2D eigenvalue weighted by molar-refractivity contribution is 5.94. The minimum absolute atomic E-state index is 0.153. The Balaban J connectivity index is 1.38. The van der Waals surface area contributed by atoms with Gasteiger partial charge in [0.25, 0.3) is 5.91 Å². The van der Waals surface area contributed by atoms with Crippen LogP contribution < -0.4 is 0 Å². The van der Waals surface area contributed by atoms with E-state index in [0.717, 1.165) is 55.3 Å². The minimum atomic E-state index is 0.153. The van der Waals surface area contributed by atoms with E-state index in [9.17, 15) is 4.79 Å². The first-order chi connectivity index (χ1) is 11.7. The Kier molecular flexibility index (Phi) is 4.08. The van der Waals surface area contributed by atoms with Gasteiger partial charge in [0.2, 0.25) is 0 Å². The maximum Gasteiger partial charge on any atom is 0.253 e. The summed E-state index contributed by atoms with van der Waals surface area (Å²) in [6.45, 7) is 4.74. The van der Waals surface area contributed by atoms with Gasteiger partial charge in [0, 0.05) is 31.6 Å². The van der Waals surface area contributed by atoms with Gasteiger partial charge in [-0.3, -0.25) is 4.79 Å². The van der Waals surface area contributed by atoms with E-state index >= 15 is 0 Å². The molecule has 2 aliphatic rings. The van der Waals surface area contributed by atoms with Gasteiger partial charge in [-0.05, 0) is 50.2 Å². The van der Waals surface area contributed by atoms with Crippen molar-refractivity contribution >= 4 is 5.91 Å². The second-order valence-corrected chi connectivity index (χ2v) is 7.32. The predicted octanol–water partition coefficient (Wildman–Crippen LogP) is 2.70. The van der Waals surface area contributed by atoms with Crippen LogP contribution in [0.5, 0.6) is 0 Å². The van der Waals surface area contributed by atoms with Crippen LogP contribution in [0.4, 0.5) is 0 Å². The number of nitrogens with zero attached hydrogens (tertiary/aromatic N) is 4. The highest BCUT2D eigenvalue weighted by Gasteiger charge is 2.29. The van der Waals surface area contributed by atoms with Crippen molar-refractivity contribution in [3.8, 4) is 0 Å². The van der Waals surface area contributed by atoms with E-state index in [4.69, 9.17) is 0 Å². The quantitative estimate of drug-likeness (QED) is 0.850. The van der Waals surface area contributed by atoms with Crippen molar-refractivity contribution in [2.45, 2.75) is 39.2 Å². The topological polar surface area (TPSA) is 51.0 Å². The van der Waals surface area contributed by atoms with Crippen LogP contribution in [0.1, 0.15) is 41.0 Å². The molecule has 2 aromatic rings. The van der Waals surface area contributed by atoms with Gasteiger partial charge in [-0.2, -0.15) is 0 Å². The summed E-state index contributed by atoms with van der Waals surface area (Å²) in [4.78, 5) is 14.6. The monoisotopic (exact) mass is 324 g/mol. The molecule has 4 rings (SSSR count). The smallest absolute Gasteiger partial charge is 0.253 e. The van der Waals surface area contributed by atoms with Gasteiger partial charge in [0.15, 0.2) is 0 Å². The van der Waals surface area contributed by atoms with Crippen molar-refractivity contribution in [2.75, 3.05) is 13.1 Å². The van der Waals surface area contributed by atoms with Gasteiger partial charge >= 0.3 is 0 Å². The fraction of sp³-hybridized carbons (Fsp3) is 0.526. The first-order valence-corrected chi connectivity index (χ1v) is 8.91. The summed E-state index contributed by atoms with van der Waals surface area (Å²) in [5, 5.41) is 8.40. The molecule has 2 fully saturated rings. The molecule has 1 aliphatic carbocycles. The van der Waals surface area contributed by atoms with Crippen LogP contribution in [0.2, 0.25) is 0 Å². The third-order valence-electron chi connectivity index (χ3n) is 5.16. The summed E-state index contributed by atoms with van der Waals surface area (Å²) >= 11 is 0. The van der Waals surface area contributed by atoms with Crippen LogP contribution in [0.15, 0.2) is 30.6 Å². The van der Waals surface area contributed by atoms with E-state index in [-0.39, 0.29) is 5.91 Å². The standard InChI is InChI=1S/C19H24N4O/c1-14-3-2-4-17(9-14)19(24)22-8-7-16(12-22)10-18-21-20-13-23(18)11-15-5-6-15/h2-4,9,13,15-16H,5-8,10-12H2,1H3. The zero-order chi connectivity index (χ0) is 16.5. The molecule has 5 nitrogen and oxygen atoms in total. The first kappa shape index (κ1) is 15.4. The summed E-state index contributed by atoms with van der Waals surface area (Å²) in [6, 6.07) is 7.86. The van der Waals surface area contributed by atoms with Gasteiger partial charge in [-0.25, -0.2) is 0 Å². The molecule has 0 bridgehead atoms. The number of benzene rings is 1. The van der Waals surface area contributed by atoms with E-state index in [0.29, 0.717) is 5.92 Å². The first-order valence-electron chi connectivity index (χ1n) is 8.91. The Bertz CT molecular complexity index is 734. The predicted molar refractivity (Wildman–Crippen MR) is 91.6 cm³/mol. The van der Waals surface area contributed by atoms with Crippen LogP contribution in [-0.2, 0) is 13.0 Å². The largest absolute Gasteiger partial charge is 0.338 e. The molecule has 1 unspecified atom stereocenters. The van der Waals surface area contributed by atoms with Crippen molar-refractivity contribution in [1.29, 1.82) is 0 Å². The fourth-order valence-electron chi connectivity index (χ4n) is 3.57. The number of hydrogen-bond donors (Lipinski definition) is 0. The van der Waals surface area contributed by atoms with Crippen LogP contribution in [0, 0.1) is 18.8 Å². The van der Waals surface area contributed by atoms with Crippen molar-refractivity contribution in [2.24, 2.45) is 11.8 Å². The van der Waals surface area contributed by atoms with Crippen molar-refractivity contribution in [1.82, 2.24) is 19.7 Å². The summed E-state index contributed by atoms with van der Waals surface area (Å²) in [7, 11) is 0. The number of aromatic nitrogens is 3. The Morgan fingerprint density at radius 3 is 2.92 bits per heavy atom. The number of likely N-dealkylation sites (tertiary alicyclic amines) is 1. The molecule has 0 radical (unpaired) electrons. The SMILES string of the molecule is Cc1cccc(C(=O)N2CCC(Cc3nncn3CC3CC3)C2)c1. The van der Waals surface area contributed by atoms with Crippen LogP contribution in [0.3, 0.4) is 0 Å². The molecule has 1 aromatic carbocycles. The highest BCUT2D eigenvalue weighted by Crippen LogP contribution is 2.31. The Morgan fingerprint density at radius 1 is 1.25 bits per heavy atom. The van der Waals surface area contributed by atoms with Crippen LogP contribution in [-0.4, -0.2) is 38.7 Å². The molecule has 1 saturated heterocycles. The minimum Gasteiger partial charge on any atom is -0.338 e. The number of hydrogen-bond acceptors (Lipinski definition) is 3. The summed E-state index contributed by atoms with van der Waals surface area (Å²) in [6.07, 6.45) is 6.50. The molecule has 0 N–H and O–H groups in total. The molecule has 126 valence electrons. The van der Waals surface area contributed by atoms with Gasteiger partial charge in [0.05, 0.1) is 0 Å². The third-order valence-corrected chi connectivity index (χ3v) is 5.16. The zero-order valence-electron chi connectivity index (χ0n) is 14.2. The lowest BCUT2D eigenvalue weighted by Crippen LogP contribution is -2.29. The van der Waals surface area contributed by atoms with Crippen molar-refractivity contribution in [3.05, 3.63) is 47.5 Å². The molecule has 1 atom stereocenters. The Labute approximate surface area is 142 Å². The Hall–Kier alpha value is -2.17. The number of amides is 1. The zero-order valence-corrected chi connectivity index (χ0v) is 14.2. The molecule has 24 heavy (non-hydrogen) atoms. The average molecular weight is 324 g/mol. The summed E-state index contributed by atoms with van der Waals surface area (Å²) in [5.41, 5.74) is 1.93.